The molecule has 0 saturated heterocycles. The Kier molecular flexibility index (Phi) is 4.91. The van der Waals surface area contributed by atoms with Crippen molar-refractivity contribution in [2.24, 2.45) is 5.73 Å². The molecule has 1 unspecified atom stereocenters. The van der Waals surface area contributed by atoms with Crippen molar-refractivity contribution in [2.45, 2.75) is 19.8 Å². The summed E-state index contributed by atoms with van der Waals surface area (Å²) in [4.78, 5) is 14.1. The Bertz CT molecular complexity index is 459. The van der Waals surface area contributed by atoms with Crippen LogP contribution in [0.2, 0.25) is 5.15 Å². The molecule has 1 aromatic rings. The van der Waals surface area contributed by atoms with E-state index in [0.717, 1.165) is 5.56 Å². The van der Waals surface area contributed by atoms with Crippen LogP contribution >= 0.6 is 11.6 Å². The number of hydrogen-bond acceptors (Lipinski definition) is 5. The number of hydrogen-bond donors (Lipinski definition) is 2. The second-order valence-corrected chi connectivity index (χ2v) is 4.11. The molecule has 7 heteroatoms. The van der Waals surface area contributed by atoms with Crippen LogP contribution in [0.1, 0.15) is 25.3 Å². The molecule has 18 heavy (non-hydrogen) atoms. The molecule has 1 atom stereocenters. The van der Waals surface area contributed by atoms with Crippen LogP contribution in [0.15, 0.2) is 29.8 Å². The van der Waals surface area contributed by atoms with Gasteiger partial charge in [-0.1, -0.05) is 24.6 Å². The predicted molar refractivity (Wildman–Crippen MR) is 69.5 cm³/mol. The third-order valence-corrected chi connectivity index (χ3v) is 2.75. The van der Waals surface area contributed by atoms with Crippen molar-refractivity contribution in [3.63, 3.8) is 0 Å². The maximum absolute atomic E-state index is 10.8. The number of likely N-dealkylation sites (N-methyl/N-ethyl adjacent to an activating group) is 1. The highest BCUT2D eigenvalue weighted by atomic mass is 35.5. The number of nitrogens with zero attached hydrogens (tertiary/aromatic N) is 2. The molecule has 0 saturated carbocycles. The number of aromatic nitrogens is 1. The molecule has 0 bridgehead atoms. The minimum Gasteiger partial charge on any atom is -0.381 e. The lowest BCUT2D eigenvalue weighted by Gasteiger charge is -2.16. The summed E-state index contributed by atoms with van der Waals surface area (Å²) in [5.74, 6) is -0.626. The summed E-state index contributed by atoms with van der Waals surface area (Å²) in [6.07, 6.45) is 1.58. The van der Waals surface area contributed by atoms with Crippen molar-refractivity contribution >= 4 is 11.6 Å². The van der Waals surface area contributed by atoms with E-state index in [1.807, 2.05) is 13.8 Å². The minimum atomic E-state index is -0.599. The van der Waals surface area contributed by atoms with E-state index >= 15 is 0 Å². The van der Waals surface area contributed by atoms with Crippen LogP contribution in [0, 0.1) is 10.1 Å². The molecule has 3 N–H and O–H groups in total. The van der Waals surface area contributed by atoms with Gasteiger partial charge < -0.3 is 15.4 Å². The summed E-state index contributed by atoms with van der Waals surface area (Å²) in [5.41, 5.74) is 6.67. The Hall–Kier alpha value is -1.82. The molecular weight excluding hydrogens is 256 g/mol. The lowest BCUT2D eigenvalue weighted by Crippen LogP contribution is -2.26. The highest BCUT2D eigenvalue weighted by molar-refractivity contribution is 6.29. The normalized spacial score (nSPS) is 13.7. The van der Waals surface area contributed by atoms with Crippen LogP contribution in [0.25, 0.3) is 0 Å². The van der Waals surface area contributed by atoms with Crippen molar-refractivity contribution in [3.8, 4) is 0 Å². The molecule has 1 heterocycles. The molecule has 0 spiro atoms. The highest BCUT2D eigenvalue weighted by Gasteiger charge is 2.20. The van der Waals surface area contributed by atoms with Crippen molar-refractivity contribution in [1.82, 2.24) is 10.3 Å². The van der Waals surface area contributed by atoms with Gasteiger partial charge in [0.15, 0.2) is 0 Å². The molecule has 6 nitrogen and oxygen atoms in total. The van der Waals surface area contributed by atoms with Gasteiger partial charge in [0.05, 0.1) is 0 Å². The zero-order valence-electron chi connectivity index (χ0n) is 10.2. The number of allylic oxidation sites excluding steroid dienone is 1. The average Bonchev–Trinajstić information content (AvgIpc) is 2.35. The second-order valence-electron chi connectivity index (χ2n) is 3.72. The van der Waals surface area contributed by atoms with Crippen molar-refractivity contribution in [1.29, 1.82) is 0 Å². The molecule has 1 rings (SSSR count). The van der Waals surface area contributed by atoms with Crippen LogP contribution in [-0.4, -0.2) is 16.5 Å². The van der Waals surface area contributed by atoms with Gasteiger partial charge in [-0.05, 0) is 23.5 Å². The largest absolute Gasteiger partial charge is 0.381 e. The summed E-state index contributed by atoms with van der Waals surface area (Å²) in [6.45, 7) is 4.22. The van der Waals surface area contributed by atoms with E-state index in [9.17, 15) is 10.1 Å². The molecule has 0 aliphatic heterocycles. The van der Waals surface area contributed by atoms with Crippen LogP contribution in [0.3, 0.4) is 0 Å². The number of pyridine rings is 1. The van der Waals surface area contributed by atoms with Gasteiger partial charge in [0.25, 0.3) is 0 Å². The summed E-state index contributed by atoms with van der Waals surface area (Å²) < 4.78 is 0. The lowest BCUT2D eigenvalue weighted by atomic mass is 9.99. The molecular formula is C11H15ClN4O2. The van der Waals surface area contributed by atoms with E-state index in [4.69, 9.17) is 17.3 Å². The average molecular weight is 271 g/mol. The molecule has 0 aliphatic rings. The first-order valence-corrected chi connectivity index (χ1v) is 5.84. The van der Waals surface area contributed by atoms with Gasteiger partial charge in [0, 0.05) is 18.7 Å². The third kappa shape index (κ3) is 3.33. The fourth-order valence-corrected chi connectivity index (χ4v) is 1.68. The Labute approximate surface area is 110 Å². The molecule has 98 valence electrons. The van der Waals surface area contributed by atoms with Gasteiger partial charge >= 0.3 is 5.82 Å². The summed E-state index contributed by atoms with van der Waals surface area (Å²) >= 11 is 5.70. The molecule has 0 fully saturated rings. The Morgan fingerprint density at radius 2 is 2.33 bits per heavy atom. The number of halogens is 1. The first-order valence-electron chi connectivity index (χ1n) is 5.46. The third-order valence-electron chi connectivity index (χ3n) is 2.52. The zero-order valence-corrected chi connectivity index (χ0v) is 10.9. The van der Waals surface area contributed by atoms with E-state index in [1.54, 1.807) is 18.3 Å². The topological polar surface area (TPSA) is 94.1 Å². The standard InChI is InChI=1S/C11H15ClN4O2/c1-3-14-10(11(13)16(17)18)7(2)8-4-5-9(12)15-6-8/h4-7,14H,3,13H2,1-2H3. The van der Waals surface area contributed by atoms with Crippen molar-refractivity contribution in [3.05, 3.63) is 50.7 Å². The summed E-state index contributed by atoms with van der Waals surface area (Å²) in [5, 5.41) is 14.1. The lowest BCUT2D eigenvalue weighted by molar-refractivity contribution is -0.428. The van der Waals surface area contributed by atoms with E-state index in [0.29, 0.717) is 17.4 Å². The number of rotatable bonds is 5. The maximum atomic E-state index is 10.8. The molecule has 0 aliphatic carbocycles. The van der Waals surface area contributed by atoms with E-state index in [1.165, 1.54) is 0 Å². The molecule has 0 aromatic carbocycles. The smallest absolute Gasteiger partial charge is 0.333 e. The highest BCUT2D eigenvalue weighted by Crippen LogP contribution is 2.23. The van der Waals surface area contributed by atoms with Gasteiger partial charge in [-0.3, -0.25) is 5.73 Å². The Morgan fingerprint density at radius 1 is 1.67 bits per heavy atom. The van der Waals surface area contributed by atoms with Gasteiger partial charge in [0.1, 0.15) is 10.9 Å². The fourth-order valence-electron chi connectivity index (χ4n) is 1.56. The van der Waals surface area contributed by atoms with E-state index < -0.39 is 4.92 Å². The first-order chi connectivity index (χ1) is 8.47. The SMILES string of the molecule is CCNC(=C(N)[N+](=O)[O-])C(C)c1ccc(Cl)nc1. The van der Waals surface area contributed by atoms with Gasteiger partial charge in [-0.2, -0.15) is 0 Å². The number of nitrogens with two attached hydrogens (primary N) is 1. The minimum absolute atomic E-state index is 0.250. The maximum Gasteiger partial charge on any atom is 0.333 e. The van der Waals surface area contributed by atoms with Crippen LogP contribution in [-0.2, 0) is 0 Å². The summed E-state index contributed by atoms with van der Waals surface area (Å²) in [6, 6.07) is 3.41. The molecule has 0 amide bonds. The van der Waals surface area contributed by atoms with Crippen molar-refractivity contribution in [2.75, 3.05) is 6.54 Å². The van der Waals surface area contributed by atoms with Crippen molar-refractivity contribution < 1.29 is 4.92 Å². The summed E-state index contributed by atoms with van der Waals surface area (Å²) in [7, 11) is 0. The Morgan fingerprint density at radius 3 is 2.78 bits per heavy atom. The van der Waals surface area contributed by atoms with Crippen LogP contribution < -0.4 is 11.1 Å². The first kappa shape index (κ1) is 14.2. The fraction of sp³-hybridized carbons (Fsp3) is 0.364. The number of nitrogens with one attached hydrogen (secondary N) is 1. The van der Waals surface area contributed by atoms with Gasteiger partial charge in [-0.25, -0.2) is 4.98 Å². The Balaban J connectivity index is 3.10. The zero-order chi connectivity index (χ0) is 13.7. The predicted octanol–water partition coefficient (Wildman–Crippen LogP) is 1.85. The van der Waals surface area contributed by atoms with Crippen LogP contribution in [0.5, 0.6) is 0 Å². The monoisotopic (exact) mass is 270 g/mol. The van der Waals surface area contributed by atoms with Gasteiger partial charge in [0.2, 0.25) is 0 Å². The quantitative estimate of drug-likeness (QED) is 0.484. The van der Waals surface area contributed by atoms with E-state index in [-0.39, 0.29) is 11.7 Å². The number of nitro groups is 1. The molecule has 1 aromatic heterocycles. The molecule has 0 radical (unpaired) electrons. The van der Waals surface area contributed by atoms with Gasteiger partial charge in [-0.15, -0.1) is 0 Å². The van der Waals surface area contributed by atoms with E-state index in [2.05, 4.69) is 10.3 Å². The van der Waals surface area contributed by atoms with Crippen LogP contribution in [0.4, 0.5) is 0 Å². The second kappa shape index (κ2) is 6.20.